The van der Waals surface area contributed by atoms with Crippen molar-refractivity contribution in [1.29, 1.82) is 0 Å². The Morgan fingerprint density at radius 3 is 3.11 bits per heavy atom. The van der Waals surface area contributed by atoms with Gasteiger partial charge in [0.1, 0.15) is 0 Å². The molecule has 3 rings (SSSR count). The summed E-state index contributed by atoms with van der Waals surface area (Å²) < 4.78 is 1.19. The highest BCUT2D eigenvalue weighted by Gasteiger charge is 2.21. The van der Waals surface area contributed by atoms with E-state index in [4.69, 9.17) is 0 Å². The lowest BCUT2D eigenvalue weighted by Crippen LogP contribution is -2.13. The average molecular weight is 306 g/mol. The summed E-state index contributed by atoms with van der Waals surface area (Å²) in [6.45, 7) is 2.29. The second-order valence-electron chi connectivity index (χ2n) is 5.52. The molecule has 1 aromatic carbocycles. The fourth-order valence-electron chi connectivity index (χ4n) is 3.21. The fourth-order valence-corrected chi connectivity index (χ4v) is 3.57. The van der Waals surface area contributed by atoms with Gasteiger partial charge >= 0.3 is 0 Å². The number of fused-ring (bicyclic) bond motifs is 3. The Balaban J connectivity index is 1.90. The van der Waals surface area contributed by atoms with Gasteiger partial charge in [-0.3, -0.25) is 0 Å². The lowest BCUT2D eigenvalue weighted by Gasteiger charge is -2.22. The van der Waals surface area contributed by atoms with E-state index < -0.39 is 0 Å². The number of benzene rings is 1. The first kappa shape index (κ1) is 12.3. The van der Waals surface area contributed by atoms with Crippen LogP contribution in [-0.2, 0) is 12.8 Å². The normalized spacial score (nSPS) is 19.1. The van der Waals surface area contributed by atoms with Crippen LogP contribution in [0.1, 0.15) is 43.9 Å². The van der Waals surface area contributed by atoms with E-state index in [9.17, 15) is 0 Å². The summed E-state index contributed by atoms with van der Waals surface area (Å²) >= 11 is 3.58. The van der Waals surface area contributed by atoms with Gasteiger partial charge in [-0.05, 0) is 48.9 Å². The monoisotopic (exact) mass is 305 g/mol. The summed E-state index contributed by atoms with van der Waals surface area (Å²) in [5, 5.41) is 1.42. The number of rotatable bonds is 3. The summed E-state index contributed by atoms with van der Waals surface area (Å²) in [7, 11) is 0. The molecule has 96 valence electrons. The molecule has 0 aliphatic heterocycles. The van der Waals surface area contributed by atoms with Crippen LogP contribution >= 0.6 is 15.9 Å². The van der Waals surface area contributed by atoms with Crippen molar-refractivity contribution < 1.29 is 0 Å². The van der Waals surface area contributed by atoms with Gasteiger partial charge in [-0.2, -0.15) is 0 Å². The average Bonchev–Trinajstić information content (AvgIpc) is 2.73. The molecule has 0 spiro atoms. The van der Waals surface area contributed by atoms with Crippen LogP contribution in [0.15, 0.2) is 22.7 Å². The number of aryl methyl sites for hydroxylation is 1. The highest BCUT2D eigenvalue weighted by molar-refractivity contribution is 9.10. The van der Waals surface area contributed by atoms with Crippen molar-refractivity contribution in [1.82, 2.24) is 4.98 Å². The van der Waals surface area contributed by atoms with Crippen LogP contribution < -0.4 is 0 Å². The number of aromatic amines is 1. The van der Waals surface area contributed by atoms with Gasteiger partial charge in [0.2, 0.25) is 0 Å². The van der Waals surface area contributed by atoms with Gasteiger partial charge < -0.3 is 4.98 Å². The summed E-state index contributed by atoms with van der Waals surface area (Å²) in [6.07, 6.45) is 7.97. The van der Waals surface area contributed by atoms with Crippen molar-refractivity contribution in [3.8, 4) is 0 Å². The molecule has 1 N–H and O–H groups in total. The Morgan fingerprint density at radius 2 is 2.28 bits per heavy atom. The van der Waals surface area contributed by atoms with Gasteiger partial charge in [-0.1, -0.05) is 42.1 Å². The SMILES string of the molecule is CCCCC1CCc2c([nH]c3ccc(Br)cc23)C1. The van der Waals surface area contributed by atoms with Crippen molar-refractivity contribution in [3.63, 3.8) is 0 Å². The molecule has 0 saturated carbocycles. The van der Waals surface area contributed by atoms with E-state index in [1.807, 2.05) is 0 Å². The molecule has 0 bridgehead atoms. The largest absolute Gasteiger partial charge is 0.358 e. The van der Waals surface area contributed by atoms with E-state index in [1.54, 1.807) is 5.56 Å². The number of halogens is 1. The third-order valence-electron chi connectivity index (χ3n) is 4.22. The van der Waals surface area contributed by atoms with E-state index in [0.29, 0.717) is 0 Å². The highest BCUT2D eigenvalue weighted by atomic mass is 79.9. The Kier molecular flexibility index (Phi) is 3.47. The van der Waals surface area contributed by atoms with Crippen LogP contribution in [-0.4, -0.2) is 4.98 Å². The number of hydrogen-bond acceptors (Lipinski definition) is 0. The molecular formula is C16H20BrN. The van der Waals surface area contributed by atoms with Crippen LogP contribution in [0.3, 0.4) is 0 Å². The number of H-pyrrole nitrogens is 1. The minimum atomic E-state index is 0.897. The molecule has 0 amide bonds. The molecule has 18 heavy (non-hydrogen) atoms. The standard InChI is InChI=1S/C16H20BrN/c1-2-3-4-11-5-7-13-14-10-12(17)6-8-15(14)18-16(13)9-11/h6,8,10-11,18H,2-5,7,9H2,1H3. The lowest BCUT2D eigenvalue weighted by molar-refractivity contribution is 0.410. The molecule has 0 radical (unpaired) electrons. The lowest BCUT2D eigenvalue weighted by atomic mass is 9.84. The molecule has 1 aliphatic rings. The highest BCUT2D eigenvalue weighted by Crippen LogP contribution is 2.34. The molecule has 1 heterocycles. The molecular weight excluding hydrogens is 286 g/mol. The summed E-state index contributed by atoms with van der Waals surface area (Å²) in [4.78, 5) is 3.63. The summed E-state index contributed by atoms with van der Waals surface area (Å²) in [5.41, 5.74) is 4.37. The summed E-state index contributed by atoms with van der Waals surface area (Å²) in [6, 6.07) is 6.58. The molecule has 0 fully saturated rings. The Labute approximate surface area is 117 Å². The second kappa shape index (κ2) is 5.08. The molecule has 1 nitrogen and oxygen atoms in total. The van der Waals surface area contributed by atoms with Gasteiger partial charge in [0, 0.05) is 21.1 Å². The number of nitrogens with one attached hydrogen (secondary N) is 1. The molecule has 2 aromatic rings. The smallest absolute Gasteiger partial charge is 0.0459 e. The van der Waals surface area contributed by atoms with Crippen LogP contribution in [0.2, 0.25) is 0 Å². The minimum Gasteiger partial charge on any atom is -0.358 e. The van der Waals surface area contributed by atoms with E-state index >= 15 is 0 Å². The van der Waals surface area contributed by atoms with Crippen LogP contribution in [0.25, 0.3) is 10.9 Å². The summed E-state index contributed by atoms with van der Waals surface area (Å²) in [5.74, 6) is 0.897. The third-order valence-corrected chi connectivity index (χ3v) is 4.71. The first-order valence-electron chi connectivity index (χ1n) is 7.07. The Hall–Kier alpha value is -0.760. The van der Waals surface area contributed by atoms with Gasteiger partial charge in [-0.15, -0.1) is 0 Å². The van der Waals surface area contributed by atoms with Crippen molar-refractivity contribution in [2.45, 2.75) is 45.4 Å². The maximum Gasteiger partial charge on any atom is 0.0459 e. The first-order valence-corrected chi connectivity index (χ1v) is 7.86. The molecule has 1 atom stereocenters. The minimum absolute atomic E-state index is 0.897. The van der Waals surface area contributed by atoms with E-state index in [-0.39, 0.29) is 0 Å². The second-order valence-corrected chi connectivity index (χ2v) is 6.44. The van der Waals surface area contributed by atoms with E-state index in [1.165, 1.54) is 59.6 Å². The molecule has 1 aromatic heterocycles. The van der Waals surface area contributed by atoms with E-state index in [2.05, 4.69) is 46.0 Å². The zero-order valence-corrected chi connectivity index (χ0v) is 12.5. The predicted molar refractivity (Wildman–Crippen MR) is 81.0 cm³/mol. The number of unbranched alkanes of at least 4 members (excludes halogenated alkanes) is 1. The zero-order chi connectivity index (χ0) is 12.5. The number of hydrogen-bond donors (Lipinski definition) is 1. The van der Waals surface area contributed by atoms with Crippen LogP contribution in [0, 0.1) is 5.92 Å². The Bertz CT molecular complexity index is 555. The topological polar surface area (TPSA) is 15.8 Å². The van der Waals surface area contributed by atoms with Gasteiger partial charge in [0.15, 0.2) is 0 Å². The van der Waals surface area contributed by atoms with Crippen LogP contribution in [0.5, 0.6) is 0 Å². The van der Waals surface area contributed by atoms with Crippen molar-refractivity contribution in [2.24, 2.45) is 5.92 Å². The van der Waals surface area contributed by atoms with Crippen molar-refractivity contribution in [3.05, 3.63) is 33.9 Å². The van der Waals surface area contributed by atoms with Crippen molar-refractivity contribution >= 4 is 26.8 Å². The molecule has 1 aliphatic carbocycles. The first-order chi connectivity index (χ1) is 8.78. The van der Waals surface area contributed by atoms with Gasteiger partial charge in [0.25, 0.3) is 0 Å². The predicted octanol–water partition coefficient (Wildman–Crippen LogP) is 5.23. The molecule has 0 saturated heterocycles. The zero-order valence-electron chi connectivity index (χ0n) is 10.9. The van der Waals surface area contributed by atoms with Crippen LogP contribution in [0.4, 0.5) is 0 Å². The number of aromatic nitrogens is 1. The van der Waals surface area contributed by atoms with Gasteiger partial charge in [-0.25, -0.2) is 0 Å². The Morgan fingerprint density at radius 1 is 1.39 bits per heavy atom. The van der Waals surface area contributed by atoms with Crippen molar-refractivity contribution in [2.75, 3.05) is 0 Å². The van der Waals surface area contributed by atoms with E-state index in [0.717, 1.165) is 5.92 Å². The maximum atomic E-state index is 3.63. The van der Waals surface area contributed by atoms with Gasteiger partial charge in [0.05, 0.1) is 0 Å². The fraction of sp³-hybridized carbons (Fsp3) is 0.500. The third kappa shape index (κ3) is 2.23. The maximum absolute atomic E-state index is 3.63. The molecule has 2 heteroatoms. The molecule has 1 unspecified atom stereocenters. The quantitative estimate of drug-likeness (QED) is 0.799.